The van der Waals surface area contributed by atoms with Crippen molar-refractivity contribution in [2.75, 3.05) is 7.11 Å². The second-order valence-corrected chi connectivity index (χ2v) is 6.22. The maximum atomic E-state index is 12.0. The molecule has 106 valence electrons. The highest BCUT2D eigenvalue weighted by Gasteiger charge is 2.46. The molecule has 2 aliphatic carbocycles. The van der Waals surface area contributed by atoms with E-state index in [1.165, 1.54) is 7.11 Å². The number of methoxy groups -OCH3 is 1. The first-order valence-electron chi connectivity index (χ1n) is 7.04. The van der Waals surface area contributed by atoms with Gasteiger partial charge in [0.25, 0.3) is 0 Å². The lowest BCUT2D eigenvalue weighted by Gasteiger charge is -2.47. The Morgan fingerprint density at radius 1 is 1.53 bits per heavy atom. The first kappa shape index (κ1) is 14.3. The zero-order chi connectivity index (χ0) is 14.2. The quantitative estimate of drug-likeness (QED) is 0.616. The van der Waals surface area contributed by atoms with Crippen molar-refractivity contribution in [3.05, 3.63) is 23.3 Å². The normalized spacial score (nSPS) is 34.7. The minimum Gasteiger partial charge on any atom is -0.466 e. The van der Waals surface area contributed by atoms with Crippen molar-refractivity contribution in [1.29, 1.82) is 0 Å². The lowest BCUT2D eigenvalue weighted by atomic mass is 9.59. The minimum absolute atomic E-state index is 0.226. The molecule has 3 heteroatoms. The van der Waals surface area contributed by atoms with Crippen molar-refractivity contribution >= 4 is 5.97 Å². The minimum atomic E-state index is -0.391. The van der Waals surface area contributed by atoms with Crippen molar-refractivity contribution in [1.82, 2.24) is 0 Å². The van der Waals surface area contributed by atoms with E-state index in [2.05, 4.69) is 13.5 Å². The van der Waals surface area contributed by atoms with Crippen LogP contribution in [0.15, 0.2) is 23.3 Å². The number of ether oxygens (including phenoxy) is 1. The summed E-state index contributed by atoms with van der Waals surface area (Å²) in [6.07, 6.45) is 3.87. The Kier molecular flexibility index (Phi) is 3.86. The molecular formula is C16H24O3. The number of hydrogen-bond acceptors (Lipinski definition) is 3. The highest BCUT2D eigenvalue weighted by atomic mass is 16.5. The average molecular weight is 264 g/mol. The van der Waals surface area contributed by atoms with Gasteiger partial charge >= 0.3 is 5.97 Å². The molecule has 3 nitrogen and oxygen atoms in total. The molecule has 1 N–H and O–H groups in total. The van der Waals surface area contributed by atoms with Crippen molar-refractivity contribution in [3.63, 3.8) is 0 Å². The van der Waals surface area contributed by atoms with Crippen LogP contribution in [0.2, 0.25) is 0 Å². The van der Waals surface area contributed by atoms with E-state index in [0.29, 0.717) is 0 Å². The van der Waals surface area contributed by atoms with Crippen LogP contribution in [0.4, 0.5) is 0 Å². The molecule has 0 aromatic heterocycles. The number of aliphatic hydroxyl groups is 1. The largest absolute Gasteiger partial charge is 0.466 e. The maximum absolute atomic E-state index is 12.0. The Bertz CT molecular complexity index is 435. The second-order valence-electron chi connectivity index (χ2n) is 6.22. The highest BCUT2D eigenvalue weighted by Crippen LogP contribution is 2.52. The molecular weight excluding hydrogens is 240 g/mol. The molecule has 3 atom stereocenters. The molecule has 0 spiro atoms. The van der Waals surface area contributed by atoms with Gasteiger partial charge in [-0.15, -0.1) is 0 Å². The smallest absolute Gasteiger partial charge is 0.333 e. The fourth-order valence-corrected chi connectivity index (χ4v) is 3.59. The summed E-state index contributed by atoms with van der Waals surface area (Å²) >= 11 is 0. The van der Waals surface area contributed by atoms with Crippen LogP contribution in [-0.4, -0.2) is 24.3 Å². The van der Waals surface area contributed by atoms with Gasteiger partial charge in [0.2, 0.25) is 0 Å². The van der Waals surface area contributed by atoms with Gasteiger partial charge in [-0.2, -0.15) is 0 Å². The molecule has 3 unspecified atom stereocenters. The number of allylic oxidation sites excluding steroid dienone is 1. The van der Waals surface area contributed by atoms with Crippen LogP contribution >= 0.6 is 0 Å². The molecule has 0 aromatic carbocycles. The lowest BCUT2D eigenvalue weighted by molar-refractivity contribution is -0.136. The summed E-state index contributed by atoms with van der Waals surface area (Å²) in [7, 11) is 1.43. The number of carbonyl (C=O) groups is 1. The number of carbonyl (C=O) groups excluding carboxylic acids is 1. The third-order valence-electron chi connectivity index (χ3n) is 5.00. The summed E-state index contributed by atoms with van der Waals surface area (Å²) in [5.41, 5.74) is 2.73. The van der Waals surface area contributed by atoms with E-state index in [1.54, 1.807) is 0 Å². The highest BCUT2D eigenvalue weighted by molar-refractivity contribution is 5.89. The summed E-state index contributed by atoms with van der Waals surface area (Å²) in [5, 5.41) is 10.5. The molecule has 1 saturated carbocycles. The van der Waals surface area contributed by atoms with Crippen LogP contribution in [0.5, 0.6) is 0 Å². The van der Waals surface area contributed by atoms with Crippen LogP contribution in [0.3, 0.4) is 0 Å². The molecule has 2 rings (SSSR count). The number of esters is 1. The van der Waals surface area contributed by atoms with Gasteiger partial charge in [0.15, 0.2) is 0 Å². The fraction of sp³-hybridized carbons (Fsp3) is 0.688. The summed E-state index contributed by atoms with van der Waals surface area (Å²) in [6.45, 7) is 8.10. The van der Waals surface area contributed by atoms with Gasteiger partial charge in [0.1, 0.15) is 0 Å². The van der Waals surface area contributed by atoms with Crippen molar-refractivity contribution in [2.24, 2.45) is 11.3 Å². The van der Waals surface area contributed by atoms with Gasteiger partial charge in [0.05, 0.1) is 13.2 Å². The zero-order valence-corrected chi connectivity index (χ0v) is 12.2. The summed E-state index contributed by atoms with van der Waals surface area (Å²) in [6, 6.07) is 0. The van der Waals surface area contributed by atoms with E-state index in [4.69, 9.17) is 4.74 Å². The zero-order valence-electron chi connectivity index (χ0n) is 12.2. The second kappa shape index (κ2) is 5.12. The van der Waals surface area contributed by atoms with Gasteiger partial charge in [-0.05, 0) is 44.9 Å². The monoisotopic (exact) mass is 264 g/mol. The van der Waals surface area contributed by atoms with Crippen molar-refractivity contribution in [3.8, 4) is 0 Å². The predicted molar refractivity (Wildman–Crippen MR) is 74.5 cm³/mol. The molecule has 0 aliphatic heterocycles. The van der Waals surface area contributed by atoms with E-state index in [0.717, 1.165) is 48.8 Å². The van der Waals surface area contributed by atoms with Gasteiger partial charge in [-0.1, -0.05) is 24.6 Å². The SMILES string of the molecule is C=C(C)C1CC2=C(C(=O)OC)CCCC2(C)C(O)C1. The molecule has 0 bridgehead atoms. The van der Waals surface area contributed by atoms with E-state index >= 15 is 0 Å². The predicted octanol–water partition coefficient (Wildman–Crippen LogP) is 2.99. The first-order chi connectivity index (χ1) is 8.90. The summed E-state index contributed by atoms with van der Waals surface area (Å²) in [4.78, 5) is 12.0. The van der Waals surface area contributed by atoms with E-state index in [1.807, 2.05) is 6.92 Å². The number of fused-ring (bicyclic) bond motifs is 1. The molecule has 1 fully saturated rings. The van der Waals surface area contributed by atoms with Gasteiger partial charge in [-0.3, -0.25) is 0 Å². The van der Waals surface area contributed by atoms with Gasteiger partial charge in [0, 0.05) is 11.0 Å². The maximum Gasteiger partial charge on any atom is 0.333 e. The fourth-order valence-electron chi connectivity index (χ4n) is 3.59. The van der Waals surface area contributed by atoms with Gasteiger partial charge in [-0.25, -0.2) is 4.79 Å². The standard InChI is InChI=1S/C16H24O3/c1-10(2)11-8-13-12(15(18)19-4)6-5-7-16(13,3)14(17)9-11/h11,14,17H,1,5-9H2,2-4H3. The lowest BCUT2D eigenvalue weighted by Crippen LogP contribution is -2.43. The van der Waals surface area contributed by atoms with Crippen LogP contribution in [0.25, 0.3) is 0 Å². The molecule has 19 heavy (non-hydrogen) atoms. The summed E-state index contributed by atoms with van der Waals surface area (Å²) in [5.74, 6) is 0.0475. The molecule has 0 amide bonds. The topological polar surface area (TPSA) is 46.5 Å². The average Bonchev–Trinajstić information content (AvgIpc) is 2.38. The van der Waals surface area contributed by atoms with Crippen molar-refractivity contribution < 1.29 is 14.6 Å². The Morgan fingerprint density at radius 2 is 2.21 bits per heavy atom. The van der Waals surface area contributed by atoms with Crippen LogP contribution in [-0.2, 0) is 9.53 Å². The Balaban J connectivity index is 2.45. The first-order valence-corrected chi connectivity index (χ1v) is 7.04. The number of hydrogen-bond donors (Lipinski definition) is 1. The number of aliphatic hydroxyl groups excluding tert-OH is 1. The third kappa shape index (κ3) is 2.36. The molecule has 0 heterocycles. The number of rotatable bonds is 2. The van der Waals surface area contributed by atoms with Crippen molar-refractivity contribution in [2.45, 2.75) is 52.1 Å². The Labute approximate surface area is 115 Å². The van der Waals surface area contributed by atoms with E-state index in [-0.39, 0.29) is 17.3 Å². The van der Waals surface area contributed by atoms with E-state index < -0.39 is 6.10 Å². The molecule has 2 aliphatic rings. The van der Waals surface area contributed by atoms with Crippen LogP contribution in [0, 0.1) is 11.3 Å². The van der Waals surface area contributed by atoms with E-state index in [9.17, 15) is 9.90 Å². The van der Waals surface area contributed by atoms with Crippen LogP contribution in [0.1, 0.15) is 46.0 Å². The molecule has 0 radical (unpaired) electrons. The molecule has 0 saturated heterocycles. The summed E-state index contributed by atoms with van der Waals surface area (Å²) < 4.78 is 4.91. The Morgan fingerprint density at radius 3 is 2.79 bits per heavy atom. The van der Waals surface area contributed by atoms with Gasteiger partial charge < -0.3 is 9.84 Å². The Hall–Kier alpha value is -1.09. The van der Waals surface area contributed by atoms with Crippen LogP contribution < -0.4 is 0 Å². The molecule has 0 aromatic rings. The third-order valence-corrected chi connectivity index (χ3v) is 5.00.